The van der Waals surface area contributed by atoms with Gasteiger partial charge in [-0.2, -0.15) is 0 Å². The number of rotatable bonds is 55. The monoisotopic (exact) mass is 1010 g/mol. The van der Waals surface area contributed by atoms with E-state index in [0.29, 0.717) is 17.4 Å². The van der Waals surface area contributed by atoms with E-state index in [0.717, 1.165) is 51.4 Å². The number of carbonyl (C=O) groups excluding carboxylic acids is 2. The molecule has 0 saturated carbocycles. The van der Waals surface area contributed by atoms with E-state index in [1.165, 1.54) is 199 Å². The van der Waals surface area contributed by atoms with Gasteiger partial charge in [0.15, 0.2) is 6.10 Å². The van der Waals surface area contributed by atoms with Gasteiger partial charge in [-0.15, -0.1) is 0 Å². The highest BCUT2D eigenvalue weighted by atomic mass is 31.2. The summed E-state index contributed by atoms with van der Waals surface area (Å²) in [5.74, 6) is -0.820. The molecule has 2 atom stereocenters. The van der Waals surface area contributed by atoms with Gasteiger partial charge in [0.2, 0.25) is 0 Å². The summed E-state index contributed by atoms with van der Waals surface area (Å²) in [6.07, 6.45) is 63.3. The topological polar surface area (TPSA) is 111 Å². The summed E-state index contributed by atoms with van der Waals surface area (Å²) in [5, 5.41) is 0. The molecule has 70 heavy (non-hydrogen) atoms. The van der Waals surface area contributed by atoms with Crippen LogP contribution in [0.4, 0.5) is 0 Å². The van der Waals surface area contributed by atoms with E-state index >= 15 is 0 Å². The van der Waals surface area contributed by atoms with Crippen LogP contribution in [0.3, 0.4) is 0 Å². The molecular weight excluding hydrogens is 894 g/mol. The molecule has 0 amide bonds. The number of hydrogen-bond donors (Lipinski definition) is 0. The lowest BCUT2D eigenvalue weighted by Gasteiger charge is -2.28. The molecule has 0 fully saturated rings. The molecule has 0 heterocycles. The summed E-state index contributed by atoms with van der Waals surface area (Å²) >= 11 is 0. The van der Waals surface area contributed by atoms with Crippen molar-refractivity contribution >= 4 is 19.8 Å². The van der Waals surface area contributed by atoms with Crippen LogP contribution in [0.25, 0.3) is 0 Å². The molecule has 0 bridgehead atoms. The van der Waals surface area contributed by atoms with Gasteiger partial charge in [-0.1, -0.05) is 256 Å². The number of hydrogen-bond acceptors (Lipinski definition) is 8. The molecule has 0 radical (unpaired) electrons. The van der Waals surface area contributed by atoms with Crippen LogP contribution in [-0.4, -0.2) is 70.0 Å². The van der Waals surface area contributed by atoms with E-state index < -0.39 is 26.5 Å². The minimum Gasteiger partial charge on any atom is -0.756 e. The molecule has 0 aromatic carbocycles. The van der Waals surface area contributed by atoms with E-state index in [-0.39, 0.29) is 32.0 Å². The Bertz CT molecular complexity index is 1280. The lowest BCUT2D eigenvalue weighted by Crippen LogP contribution is -2.37. The van der Waals surface area contributed by atoms with Crippen LogP contribution in [0, 0.1) is 0 Å². The van der Waals surface area contributed by atoms with Gasteiger partial charge in [-0.3, -0.25) is 14.2 Å². The van der Waals surface area contributed by atoms with Crippen molar-refractivity contribution in [3.8, 4) is 0 Å². The first-order valence-corrected chi connectivity index (χ1v) is 31.2. The number of nitrogens with zero attached hydrogens (tertiary/aromatic N) is 1. The van der Waals surface area contributed by atoms with Crippen molar-refractivity contribution in [3.63, 3.8) is 0 Å². The molecule has 0 aliphatic heterocycles. The highest BCUT2D eigenvalue weighted by Crippen LogP contribution is 2.38. The summed E-state index contributed by atoms with van der Waals surface area (Å²) in [6, 6.07) is 0. The van der Waals surface area contributed by atoms with Crippen molar-refractivity contribution in [3.05, 3.63) is 36.5 Å². The largest absolute Gasteiger partial charge is 0.756 e. The Balaban J connectivity index is 4.09. The number of phosphoric ester groups is 1. The van der Waals surface area contributed by atoms with Gasteiger partial charge in [-0.05, 0) is 51.4 Å². The van der Waals surface area contributed by atoms with Gasteiger partial charge in [0, 0.05) is 12.8 Å². The normalized spacial score (nSPS) is 13.5. The highest BCUT2D eigenvalue weighted by molar-refractivity contribution is 7.45. The number of allylic oxidation sites excluding steroid dienone is 6. The molecule has 0 aromatic rings. The Morgan fingerprint density at radius 1 is 0.443 bits per heavy atom. The molecule has 0 spiro atoms. The van der Waals surface area contributed by atoms with Crippen LogP contribution >= 0.6 is 7.82 Å². The second-order valence-electron chi connectivity index (χ2n) is 21.4. The molecule has 2 unspecified atom stereocenters. The number of ether oxygens (including phenoxy) is 2. The van der Waals surface area contributed by atoms with Crippen molar-refractivity contribution in [1.82, 2.24) is 0 Å². The summed E-state index contributed by atoms with van der Waals surface area (Å²) in [4.78, 5) is 37.9. The summed E-state index contributed by atoms with van der Waals surface area (Å²) in [5.41, 5.74) is 0. The molecule has 412 valence electrons. The zero-order valence-corrected chi connectivity index (χ0v) is 47.6. The predicted molar refractivity (Wildman–Crippen MR) is 296 cm³/mol. The Labute approximate surface area is 433 Å². The van der Waals surface area contributed by atoms with Crippen molar-refractivity contribution in [1.29, 1.82) is 0 Å². The molecule has 9 nitrogen and oxygen atoms in total. The number of phosphoric acid groups is 1. The Hall–Kier alpha value is -1.77. The average molecular weight is 1010 g/mol. The molecule has 0 aromatic heterocycles. The van der Waals surface area contributed by atoms with E-state index in [1.807, 2.05) is 21.1 Å². The minimum absolute atomic E-state index is 0.0288. The third-order valence-corrected chi connectivity index (χ3v) is 14.1. The van der Waals surface area contributed by atoms with Crippen LogP contribution in [0.5, 0.6) is 0 Å². The fourth-order valence-electron chi connectivity index (χ4n) is 8.55. The molecule has 0 rings (SSSR count). The number of likely N-dealkylation sites (N-methyl/N-ethyl adjacent to an activating group) is 1. The molecule has 0 aliphatic rings. The lowest BCUT2D eigenvalue weighted by molar-refractivity contribution is -0.870. The van der Waals surface area contributed by atoms with Gasteiger partial charge >= 0.3 is 11.9 Å². The maximum atomic E-state index is 12.8. The van der Waals surface area contributed by atoms with E-state index in [2.05, 4.69) is 50.3 Å². The van der Waals surface area contributed by atoms with Gasteiger partial charge < -0.3 is 27.9 Å². The van der Waals surface area contributed by atoms with Crippen molar-refractivity contribution in [2.75, 3.05) is 47.5 Å². The van der Waals surface area contributed by atoms with Crippen LogP contribution < -0.4 is 4.89 Å². The molecule has 0 saturated heterocycles. The Morgan fingerprint density at radius 2 is 0.771 bits per heavy atom. The third kappa shape index (κ3) is 55.5. The zero-order valence-electron chi connectivity index (χ0n) is 46.7. The van der Waals surface area contributed by atoms with E-state index in [9.17, 15) is 19.0 Å². The quantitative estimate of drug-likeness (QED) is 0.0195. The second-order valence-corrected chi connectivity index (χ2v) is 22.8. The second kappa shape index (κ2) is 52.1. The smallest absolute Gasteiger partial charge is 0.306 e. The number of esters is 2. The predicted octanol–water partition coefficient (Wildman–Crippen LogP) is 17.7. The van der Waals surface area contributed by atoms with Crippen LogP contribution in [0.1, 0.15) is 284 Å². The highest BCUT2D eigenvalue weighted by Gasteiger charge is 2.22. The van der Waals surface area contributed by atoms with Gasteiger partial charge in [0.1, 0.15) is 19.8 Å². The lowest BCUT2D eigenvalue weighted by atomic mass is 10.0. The summed E-state index contributed by atoms with van der Waals surface area (Å²) < 4.78 is 34.2. The third-order valence-electron chi connectivity index (χ3n) is 13.2. The van der Waals surface area contributed by atoms with Crippen molar-refractivity contribution in [2.45, 2.75) is 290 Å². The Morgan fingerprint density at radius 3 is 1.14 bits per heavy atom. The fourth-order valence-corrected chi connectivity index (χ4v) is 9.28. The van der Waals surface area contributed by atoms with E-state index in [1.54, 1.807) is 0 Å². The first kappa shape index (κ1) is 68.2. The van der Waals surface area contributed by atoms with Crippen molar-refractivity contribution in [2.24, 2.45) is 0 Å². The zero-order chi connectivity index (χ0) is 51.3. The van der Waals surface area contributed by atoms with Gasteiger partial charge in [0.05, 0.1) is 27.7 Å². The summed E-state index contributed by atoms with van der Waals surface area (Å²) in [6.45, 7) is 4.27. The average Bonchev–Trinajstić information content (AvgIpc) is 3.32. The van der Waals surface area contributed by atoms with Crippen LogP contribution in [0.2, 0.25) is 0 Å². The maximum absolute atomic E-state index is 12.8. The van der Waals surface area contributed by atoms with Crippen LogP contribution in [-0.2, 0) is 32.7 Å². The molecule has 0 aliphatic carbocycles. The van der Waals surface area contributed by atoms with Crippen LogP contribution in [0.15, 0.2) is 36.5 Å². The standard InChI is InChI=1S/C60H114NO8P/c1-6-8-10-12-14-16-18-20-22-24-25-26-27-28-29-30-31-32-33-34-35-37-39-41-43-45-47-49-51-53-60(63)69-58(57-68-70(64,65)67-55-54-61(3,4)5)56-66-59(62)52-50-48-46-44-42-40-38-36-23-21-19-17-15-13-11-9-7-2/h18,20,24-25,27-28,58H,6-17,19,21-23,26,29-57H2,1-5H3/b20-18-,25-24-,28-27-. The molecular formula is C60H114NO8P. The fraction of sp³-hybridized carbons (Fsp3) is 0.867. The molecule has 10 heteroatoms. The number of unbranched alkanes of at least 4 members (excludes halogenated alkanes) is 35. The van der Waals surface area contributed by atoms with E-state index in [4.69, 9.17) is 18.5 Å². The summed E-state index contributed by atoms with van der Waals surface area (Å²) in [7, 11) is 1.18. The minimum atomic E-state index is -4.63. The maximum Gasteiger partial charge on any atom is 0.306 e. The van der Waals surface area contributed by atoms with Crippen molar-refractivity contribution < 1.29 is 42.1 Å². The first-order valence-electron chi connectivity index (χ1n) is 29.7. The van der Waals surface area contributed by atoms with Gasteiger partial charge in [0.25, 0.3) is 7.82 Å². The van der Waals surface area contributed by atoms with Gasteiger partial charge in [-0.25, -0.2) is 0 Å². The molecule has 0 N–H and O–H groups in total. The SMILES string of the molecule is CCCCCCC/C=C\C/C=C\C/C=C\CCCCCCCCCCCCCCCCC(=O)OC(COC(=O)CCCCCCCCCCCCCCCCCCC)COP(=O)([O-])OCC[N+](C)(C)C. The first-order chi connectivity index (χ1) is 34.0. The number of carbonyl (C=O) groups is 2. The number of quaternary nitrogens is 1. The Kier molecular flexibility index (Phi) is 50.8.